The summed E-state index contributed by atoms with van der Waals surface area (Å²) >= 11 is 1.48. The van der Waals surface area contributed by atoms with E-state index in [1.165, 1.54) is 11.8 Å². The van der Waals surface area contributed by atoms with Crippen LogP contribution >= 0.6 is 11.8 Å². The lowest BCUT2D eigenvalue weighted by Gasteiger charge is -2.09. The van der Waals surface area contributed by atoms with Gasteiger partial charge in [-0.05, 0) is 11.5 Å². The third-order valence-corrected chi connectivity index (χ3v) is 3.73. The van der Waals surface area contributed by atoms with Crippen molar-refractivity contribution in [1.29, 1.82) is 0 Å². The van der Waals surface area contributed by atoms with Gasteiger partial charge in [-0.2, -0.15) is 0 Å². The first-order valence-electron chi connectivity index (χ1n) is 5.18. The Morgan fingerprint density at radius 2 is 2.12 bits per heavy atom. The van der Waals surface area contributed by atoms with Crippen molar-refractivity contribution in [2.24, 2.45) is 0 Å². The van der Waals surface area contributed by atoms with E-state index in [1.807, 2.05) is 36.4 Å². The molecule has 0 spiro atoms. The molecular formula is C12H10N2O2S. The minimum absolute atomic E-state index is 0.312. The molecule has 5 heteroatoms. The molecule has 0 aliphatic carbocycles. The van der Waals surface area contributed by atoms with Gasteiger partial charge in [-0.3, -0.25) is 5.32 Å². The first-order chi connectivity index (χ1) is 8.24. The van der Waals surface area contributed by atoms with Crippen LogP contribution in [-0.2, 0) is 0 Å². The highest BCUT2D eigenvalue weighted by molar-refractivity contribution is 8.00. The highest BCUT2D eigenvalue weighted by Gasteiger charge is 2.23. The molecule has 1 unspecified atom stereocenters. The summed E-state index contributed by atoms with van der Waals surface area (Å²) in [5.41, 5.74) is 0.695. The van der Waals surface area contributed by atoms with E-state index in [4.69, 9.17) is 5.11 Å². The minimum atomic E-state index is -1.02. The molecule has 0 aromatic heterocycles. The van der Waals surface area contributed by atoms with E-state index in [1.54, 1.807) is 0 Å². The summed E-state index contributed by atoms with van der Waals surface area (Å²) in [4.78, 5) is 11.7. The summed E-state index contributed by atoms with van der Waals surface area (Å²) in [6.45, 7) is 0. The number of amides is 1. The van der Waals surface area contributed by atoms with Crippen molar-refractivity contribution in [2.75, 3.05) is 5.32 Å². The normalized spacial score (nSPS) is 17.5. The van der Waals surface area contributed by atoms with E-state index in [-0.39, 0.29) is 5.50 Å². The first kappa shape index (κ1) is 10.3. The van der Waals surface area contributed by atoms with E-state index in [0.717, 1.165) is 21.4 Å². The Hall–Kier alpha value is -1.88. The first-order valence-corrected chi connectivity index (χ1v) is 6.06. The van der Waals surface area contributed by atoms with Gasteiger partial charge in [0, 0.05) is 10.3 Å². The van der Waals surface area contributed by atoms with Crippen LogP contribution < -0.4 is 10.6 Å². The van der Waals surface area contributed by atoms with Gasteiger partial charge in [0.1, 0.15) is 0 Å². The maximum Gasteiger partial charge on any atom is 0.406 e. The van der Waals surface area contributed by atoms with E-state index in [0.29, 0.717) is 0 Å². The molecule has 0 saturated heterocycles. The number of rotatable bonds is 1. The van der Waals surface area contributed by atoms with Crippen molar-refractivity contribution < 1.29 is 9.90 Å². The van der Waals surface area contributed by atoms with E-state index >= 15 is 0 Å². The average molecular weight is 246 g/mol. The Labute approximate surface area is 102 Å². The zero-order valence-corrected chi connectivity index (χ0v) is 9.62. The van der Waals surface area contributed by atoms with Crippen LogP contribution in [-0.4, -0.2) is 16.7 Å². The zero-order chi connectivity index (χ0) is 11.8. The van der Waals surface area contributed by atoms with Crippen molar-refractivity contribution >= 4 is 34.3 Å². The molecule has 0 saturated carbocycles. The van der Waals surface area contributed by atoms with Gasteiger partial charge in [0.05, 0.1) is 5.69 Å². The number of nitrogens with one attached hydrogen (secondary N) is 2. The number of hydrogen-bond acceptors (Lipinski definition) is 3. The van der Waals surface area contributed by atoms with Crippen LogP contribution in [0.5, 0.6) is 0 Å². The molecule has 0 fully saturated rings. The maximum absolute atomic E-state index is 10.6. The lowest BCUT2D eigenvalue weighted by molar-refractivity contribution is 0.194. The highest BCUT2D eigenvalue weighted by atomic mass is 32.2. The van der Waals surface area contributed by atoms with E-state index < -0.39 is 6.09 Å². The molecule has 2 aromatic rings. The molecular weight excluding hydrogens is 236 g/mol. The molecule has 1 amide bonds. The third-order valence-electron chi connectivity index (χ3n) is 2.67. The molecule has 17 heavy (non-hydrogen) atoms. The summed E-state index contributed by atoms with van der Waals surface area (Å²) < 4.78 is 0. The monoisotopic (exact) mass is 246 g/mol. The standard InChI is InChI=1S/C12H10N2O2S/c15-12(16)14-11-13-10-8-4-2-1-3-7(8)5-6-9(10)17-11/h1-6,11,13-14H,(H,15,16). The van der Waals surface area contributed by atoms with Crippen LogP contribution in [0.4, 0.5) is 10.5 Å². The molecule has 4 nitrogen and oxygen atoms in total. The van der Waals surface area contributed by atoms with Gasteiger partial charge >= 0.3 is 6.09 Å². The van der Waals surface area contributed by atoms with E-state index in [9.17, 15) is 4.79 Å². The lowest BCUT2D eigenvalue weighted by Crippen LogP contribution is -2.34. The fraction of sp³-hybridized carbons (Fsp3) is 0.0833. The van der Waals surface area contributed by atoms with Crippen molar-refractivity contribution in [3.63, 3.8) is 0 Å². The number of hydrogen-bond donors (Lipinski definition) is 3. The second-order valence-corrected chi connectivity index (χ2v) is 4.90. The Kier molecular flexibility index (Phi) is 2.33. The summed E-state index contributed by atoms with van der Waals surface area (Å²) in [6, 6.07) is 12.1. The van der Waals surface area contributed by atoms with Crippen LogP contribution in [0.2, 0.25) is 0 Å². The predicted octanol–water partition coefficient (Wildman–Crippen LogP) is 2.91. The topological polar surface area (TPSA) is 61.4 Å². The van der Waals surface area contributed by atoms with Gasteiger partial charge < -0.3 is 10.4 Å². The Balaban J connectivity index is 2.02. The van der Waals surface area contributed by atoms with Crippen LogP contribution in [0.1, 0.15) is 0 Å². The highest BCUT2D eigenvalue weighted by Crippen LogP contribution is 2.41. The van der Waals surface area contributed by atoms with Crippen LogP contribution in [0.3, 0.4) is 0 Å². The quantitative estimate of drug-likeness (QED) is 0.724. The summed E-state index contributed by atoms with van der Waals surface area (Å²) in [6.07, 6.45) is -1.02. The molecule has 0 radical (unpaired) electrons. The van der Waals surface area contributed by atoms with Crippen molar-refractivity contribution in [3.05, 3.63) is 36.4 Å². The fourth-order valence-corrected chi connectivity index (χ4v) is 2.99. The van der Waals surface area contributed by atoms with Crippen LogP contribution in [0, 0.1) is 0 Å². The van der Waals surface area contributed by atoms with Gasteiger partial charge in [0.15, 0.2) is 5.50 Å². The smallest absolute Gasteiger partial charge is 0.406 e. The molecule has 86 valence electrons. The Morgan fingerprint density at radius 3 is 2.94 bits per heavy atom. The molecule has 1 aliphatic heterocycles. The van der Waals surface area contributed by atoms with Crippen molar-refractivity contribution in [2.45, 2.75) is 10.4 Å². The third kappa shape index (κ3) is 1.78. The average Bonchev–Trinajstić information content (AvgIpc) is 2.70. The number of anilines is 1. The number of benzene rings is 2. The Bertz CT molecular complexity index is 600. The summed E-state index contributed by atoms with van der Waals surface area (Å²) in [7, 11) is 0. The number of carbonyl (C=O) groups is 1. The summed E-state index contributed by atoms with van der Waals surface area (Å²) in [5, 5.41) is 16.6. The van der Waals surface area contributed by atoms with E-state index in [2.05, 4.69) is 10.6 Å². The number of carboxylic acid groups (broad SMARTS) is 1. The maximum atomic E-state index is 10.6. The zero-order valence-electron chi connectivity index (χ0n) is 8.81. The predicted molar refractivity (Wildman–Crippen MR) is 68.4 cm³/mol. The molecule has 3 N–H and O–H groups in total. The van der Waals surface area contributed by atoms with Crippen molar-refractivity contribution in [1.82, 2.24) is 5.32 Å². The molecule has 0 bridgehead atoms. The fourth-order valence-electron chi connectivity index (χ4n) is 1.96. The van der Waals surface area contributed by atoms with Gasteiger partial charge in [-0.1, -0.05) is 42.1 Å². The molecule has 1 aliphatic rings. The number of thioether (sulfide) groups is 1. The summed E-state index contributed by atoms with van der Waals surface area (Å²) in [5.74, 6) is 0. The van der Waals surface area contributed by atoms with Crippen LogP contribution in [0.25, 0.3) is 10.8 Å². The van der Waals surface area contributed by atoms with Gasteiger partial charge in [-0.15, -0.1) is 0 Å². The Morgan fingerprint density at radius 1 is 1.29 bits per heavy atom. The lowest BCUT2D eigenvalue weighted by atomic mass is 10.1. The largest absolute Gasteiger partial charge is 0.465 e. The molecule has 1 heterocycles. The van der Waals surface area contributed by atoms with Gasteiger partial charge in [0.2, 0.25) is 0 Å². The van der Waals surface area contributed by atoms with Gasteiger partial charge in [-0.25, -0.2) is 4.79 Å². The molecule has 3 rings (SSSR count). The number of fused-ring (bicyclic) bond motifs is 3. The van der Waals surface area contributed by atoms with Crippen molar-refractivity contribution in [3.8, 4) is 0 Å². The second kappa shape index (κ2) is 3.85. The minimum Gasteiger partial charge on any atom is -0.465 e. The van der Waals surface area contributed by atoms with Gasteiger partial charge in [0.25, 0.3) is 0 Å². The SMILES string of the molecule is O=C(O)NC1Nc2c(ccc3ccccc23)S1. The van der Waals surface area contributed by atoms with Crippen LogP contribution in [0.15, 0.2) is 41.3 Å². The molecule has 2 aromatic carbocycles. The second-order valence-electron chi connectivity index (χ2n) is 3.75. The molecule has 1 atom stereocenters.